The Kier molecular flexibility index (Phi) is 5.74. The van der Waals surface area contributed by atoms with Gasteiger partial charge in [-0.05, 0) is 6.42 Å². The Labute approximate surface area is 106 Å². The maximum Gasteiger partial charge on any atom is 0.255 e. The van der Waals surface area contributed by atoms with E-state index in [1.165, 1.54) is 4.90 Å². The number of nitrogens with zero attached hydrogens (tertiary/aromatic N) is 3. The molecule has 0 spiro atoms. The van der Waals surface area contributed by atoms with Gasteiger partial charge in [0.25, 0.3) is 6.43 Å². The summed E-state index contributed by atoms with van der Waals surface area (Å²) in [5.74, 6) is 1.88. The maximum atomic E-state index is 12.4. The third-order valence-corrected chi connectivity index (χ3v) is 2.43. The Morgan fingerprint density at radius 1 is 1.33 bits per heavy atom. The lowest BCUT2D eigenvalue weighted by atomic mass is 10.4. The van der Waals surface area contributed by atoms with Crippen LogP contribution in [0.3, 0.4) is 0 Å². The van der Waals surface area contributed by atoms with Gasteiger partial charge in [-0.1, -0.05) is 13.8 Å². The monoisotopic (exact) mass is 258 g/mol. The summed E-state index contributed by atoms with van der Waals surface area (Å²) in [7, 11) is 1.61. The number of nitrogens with one attached hydrogen (secondary N) is 1. The molecule has 0 radical (unpaired) electrons. The molecule has 0 saturated carbocycles. The molecule has 0 atom stereocenters. The Balaban J connectivity index is 2.88. The van der Waals surface area contributed by atoms with Crippen molar-refractivity contribution in [3.8, 4) is 0 Å². The topological polar surface area (TPSA) is 41.0 Å². The quantitative estimate of drug-likeness (QED) is 0.816. The van der Waals surface area contributed by atoms with Gasteiger partial charge < -0.3 is 10.2 Å². The number of halogens is 2. The lowest BCUT2D eigenvalue weighted by Gasteiger charge is -2.19. The molecule has 0 aliphatic rings. The van der Waals surface area contributed by atoms with Crippen LogP contribution in [0.15, 0.2) is 6.07 Å². The van der Waals surface area contributed by atoms with E-state index in [0.717, 1.165) is 13.0 Å². The molecule has 1 rings (SSSR count). The zero-order chi connectivity index (χ0) is 13.5. The van der Waals surface area contributed by atoms with E-state index in [1.54, 1.807) is 13.1 Å². The molecule has 18 heavy (non-hydrogen) atoms. The van der Waals surface area contributed by atoms with E-state index in [2.05, 4.69) is 22.2 Å². The summed E-state index contributed by atoms with van der Waals surface area (Å²) in [6.07, 6.45) is -0.715. The molecular formula is C12H20F2N4. The first-order chi connectivity index (χ1) is 8.56. The summed E-state index contributed by atoms with van der Waals surface area (Å²) < 4.78 is 24.7. The van der Waals surface area contributed by atoms with E-state index in [-0.39, 0.29) is 6.54 Å². The van der Waals surface area contributed by atoms with Crippen LogP contribution in [0.4, 0.5) is 20.4 Å². The van der Waals surface area contributed by atoms with Crippen LogP contribution in [-0.4, -0.2) is 36.5 Å². The average molecular weight is 258 g/mol. The summed E-state index contributed by atoms with van der Waals surface area (Å²) in [5, 5.41) is 3.15. The van der Waals surface area contributed by atoms with Crippen LogP contribution in [0.2, 0.25) is 0 Å². The largest absolute Gasteiger partial charge is 0.370 e. The minimum absolute atomic E-state index is 0.326. The van der Waals surface area contributed by atoms with Gasteiger partial charge in [-0.2, -0.15) is 0 Å². The number of aryl methyl sites for hydroxylation is 1. The fourth-order valence-electron chi connectivity index (χ4n) is 1.48. The van der Waals surface area contributed by atoms with E-state index in [1.807, 2.05) is 6.92 Å². The van der Waals surface area contributed by atoms with Gasteiger partial charge in [-0.25, -0.2) is 18.7 Å². The highest BCUT2D eigenvalue weighted by Crippen LogP contribution is 2.16. The molecule has 0 aliphatic heterocycles. The van der Waals surface area contributed by atoms with Crippen molar-refractivity contribution in [1.29, 1.82) is 0 Å². The van der Waals surface area contributed by atoms with Crippen LogP contribution in [-0.2, 0) is 6.42 Å². The first-order valence-corrected chi connectivity index (χ1v) is 6.17. The van der Waals surface area contributed by atoms with Crippen LogP contribution in [0, 0.1) is 0 Å². The first-order valence-electron chi connectivity index (χ1n) is 6.17. The molecule has 0 aliphatic carbocycles. The minimum Gasteiger partial charge on any atom is -0.370 e. The van der Waals surface area contributed by atoms with Crippen molar-refractivity contribution in [3.63, 3.8) is 0 Å². The minimum atomic E-state index is -2.37. The summed E-state index contributed by atoms with van der Waals surface area (Å²) >= 11 is 0. The number of rotatable bonds is 7. The lowest BCUT2D eigenvalue weighted by molar-refractivity contribution is 0.156. The van der Waals surface area contributed by atoms with Gasteiger partial charge in [0, 0.05) is 26.1 Å². The highest BCUT2D eigenvalue weighted by Gasteiger charge is 2.12. The van der Waals surface area contributed by atoms with Crippen LogP contribution < -0.4 is 10.2 Å². The van der Waals surface area contributed by atoms with E-state index >= 15 is 0 Å². The van der Waals surface area contributed by atoms with Crippen molar-refractivity contribution in [2.75, 3.05) is 30.4 Å². The predicted molar refractivity (Wildman–Crippen MR) is 69.5 cm³/mol. The third kappa shape index (κ3) is 4.43. The van der Waals surface area contributed by atoms with E-state index in [9.17, 15) is 8.78 Å². The maximum absolute atomic E-state index is 12.4. The predicted octanol–water partition coefficient (Wildman–Crippen LogP) is 2.56. The van der Waals surface area contributed by atoms with Crippen LogP contribution >= 0.6 is 0 Å². The normalized spacial score (nSPS) is 10.8. The van der Waals surface area contributed by atoms with Gasteiger partial charge in [0.1, 0.15) is 17.5 Å². The zero-order valence-corrected chi connectivity index (χ0v) is 11.1. The van der Waals surface area contributed by atoms with Crippen LogP contribution in [0.1, 0.15) is 26.1 Å². The smallest absolute Gasteiger partial charge is 0.255 e. The molecule has 0 unspecified atom stereocenters. The Morgan fingerprint density at radius 3 is 2.61 bits per heavy atom. The highest BCUT2D eigenvalue weighted by molar-refractivity contribution is 5.49. The molecule has 4 nitrogen and oxygen atoms in total. The molecule has 6 heteroatoms. The second kappa shape index (κ2) is 7.08. The van der Waals surface area contributed by atoms with E-state index in [0.29, 0.717) is 23.9 Å². The molecule has 0 bridgehead atoms. The number of hydrogen-bond donors (Lipinski definition) is 1. The van der Waals surface area contributed by atoms with Gasteiger partial charge >= 0.3 is 0 Å². The second-order valence-corrected chi connectivity index (χ2v) is 4.08. The molecule has 1 aromatic rings. The fraction of sp³-hybridized carbons (Fsp3) is 0.667. The van der Waals surface area contributed by atoms with Gasteiger partial charge in [-0.3, -0.25) is 0 Å². The summed E-state index contributed by atoms with van der Waals surface area (Å²) in [6.45, 7) is 4.47. The highest BCUT2D eigenvalue weighted by atomic mass is 19.3. The van der Waals surface area contributed by atoms with Crippen molar-refractivity contribution >= 4 is 11.6 Å². The SMILES string of the molecule is CCCNc1cc(N(C)CC(F)F)nc(CC)n1. The Bertz CT molecular complexity index is 371. The Morgan fingerprint density at radius 2 is 2.06 bits per heavy atom. The van der Waals surface area contributed by atoms with Gasteiger partial charge in [0.15, 0.2) is 0 Å². The van der Waals surface area contributed by atoms with Crippen molar-refractivity contribution in [2.24, 2.45) is 0 Å². The summed E-state index contributed by atoms with van der Waals surface area (Å²) in [6, 6.07) is 1.71. The fourth-order valence-corrected chi connectivity index (χ4v) is 1.48. The molecule has 0 aromatic carbocycles. The van der Waals surface area contributed by atoms with E-state index < -0.39 is 6.43 Å². The number of aromatic nitrogens is 2. The molecule has 1 heterocycles. The average Bonchev–Trinajstić information content (AvgIpc) is 2.35. The molecule has 0 saturated heterocycles. The third-order valence-electron chi connectivity index (χ3n) is 2.43. The molecule has 1 N–H and O–H groups in total. The first kappa shape index (κ1) is 14.6. The van der Waals surface area contributed by atoms with Gasteiger partial charge in [0.2, 0.25) is 0 Å². The van der Waals surface area contributed by atoms with Gasteiger partial charge in [0.05, 0.1) is 6.54 Å². The van der Waals surface area contributed by atoms with Crippen molar-refractivity contribution < 1.29 is 8.78 Å². The van der Waals surface area contributed by atoms with Gasteiger partial charge in [-0.15, -0.1) is 0 Å². The summed E-state index contributed by atoms with van der Waals surface area (Å²) in [4.78, 5) is 10.0. The van der Waals surface area contributed by atoms with Crippen LogP contribution in [0.25, 0.3) is 0 Å². The van der Waals surface area contributed by atoms with Crippen molar-refractivity contribution in [1.82, 2.24) is 9.97 Å². The van der Waals surface area contributed by atoms with Crippen molar-refractivity contribution in [3.05, 3.63) is 11.9 Å². The van der Waals surface area contributed by atoms with Crippen molar-refractivity contribution in [2.45, 2.75) is 33.1 Å². The standard InChI is InChI=1S/C12H20F2N4/c1-4-6-15-11-7-12(17-10(5-2)16-11)18(3)8-9(13)14/h7,9H,4-6,8H2,1-3H3,(H,15,16,17). The molecule has 0 amide bonds. The number of alkyl halides is 2. The molecule has 102 valence electrons. The van der Waals surface area contributed by atoms with Crippen LogP contribution in [0.5, 0.6) is 0 Å². The Hall–Kier alpha value is -1.46. The lowest BCUT2D eigenvalue weighted by Crippen LogP contribution is -2.25. The molecule has 0 fully saturated rings. The summed E-state index contributed by atoms with van der Waals surface area (Å²) in [5.41, 5.74) is 0. The molecule has 1 aromatic heterocycles. The van der Waals surface area contributed by atoms with E-state index in [4.69, 9.17) is 0 Å². The number of anilines is 2. The number of hydrogen-bond acceptors (Lipinski definition) is 4. The molecular weight excluding hydrogens is 238 g/mol. The second-order valence-electron chi connectivity index (χ2n) is 4.08. The zero-order valence-electron chi connectivity index (χ0n) is 11.1.